The normalized spacial score (nSPS) is 10.8. The largest absolute Gasteiger partial charge is 0.478 e. The zero-order valence-corrected chi connectivity index (χ0v) is 8.32. The molecule has 0 aliphatic rings. The average molecular weight is 215 g/mol. The summed E-state index contributed by atoms with van der Waals surface area (Å²) in [6, 6.07) is 7.32. The Morgan fingerprint density at radius 2 is 2.06 bits per heavy atom. The second-order valence-electron chi connectivity index (χ2n) is 3.10. The molecule has 5 heteroatoms. The maximum absolute atomic E-state index is 10.3. The van der Waals surface area contributed by atoms with Crippen molar-refractivity contribution < 1.29 is 9.90 Å². The molecule has 16 heavy (non-hydrogen) atoms. The first-order chi connectivity index (χ1) is 7.75. The van der Waals surface area contributed by atoms with Crippen LogP contribution >= 0.6 is 0 Å². The summed E-state index contributed by atoms with van der Waals surface area (Å²) in [5.41, 5.74) is 1.70. The Balaban J connectivity index is 2.20. The van der Waals surface area contributed by atoms with Crippen LogP contribution in [0.5, 0.6) is 0 Å². The number of benzene rings is 1. The fraction of sp³-hybridized carbons (Fsp3) is 0. The van der Waals surface area contributed by atoms with Crippen LogP contribution < -0.4 is 0 Å². The van der Waals surface area contributed by atoms with Gasteiger partial charge in [0.05, 0.1) is 5.69 Å². The average Bonchev–Trinajstić information content (AvgIpc) is 2.80. The highest BCUT2D eigenvalue weighted by molar-refractivity contribution is 5.85. The molecule has 80 valence electrons. The van der Waals surface area contributed by atoms with Gasteiger partial charge in [0.15, 0.2) is 0 Å². The monoisotopic (exact) mass is 215 g/mol. The van der Waals surface area contributed by atoms with Gasteiger partial charge in [0.1, 0.15) is 12.7 Å². The number of hydrogen-bond acceptors (Lipinski definition) is 3. The Kier molecular flexibility index (Phi) is 2.77. The Bertz CT molecular complexity index is 501. The van der Waals surface area contributed by atoms with Crippen LogP contribution in [0.2, 0.25) is 0 Å². The number of rotatable bonds is 3. The fourth-order valence-corrected chi connectivity index (χ4v) is 1.25. The van der Waals surface area contributed by atoms with Gasteiger partial charge in [0, 0.05) is 6.08 Å². The molecular formula is C11H9N3O2. The van der Waals surface area contributed by atoms with Crippen molar-refractivity contribution in [1.29, 1.82) is 0 Å². The quantitative estimate of drug-likeness (QED) is 0.785. The molecule has 0 aliphatic carbocycles. The molecule has 0 bridgehead atoms. The van der Waals surface area contributed by atoms with Crippen LogP contribution in [0, 0.1) is 0 Å². The third-order valence-electron chi connectivity index (χ3n) is 1.99. The second-order valence-corrected chi connectivity index (χ2v) is 3.10. The van der Waals surface area contributed by atoms with E-state index >= 15 is 0 Å². The van der Waals surface area contributed by atoms with Crippen molar-refractivity contribution in [2.75, 3.05) is 0 Å². The molecule has 0 atom stereocenters. The van der Waals surface area contributed by atoms with E-state index in [2.05, 4.69) is 10.1 Å². The lowest BCUT2D eigenvalue weighted by Gasteiger charge is -1.99. The number of carboxylic acids is 1. The highest BCUT2D eigenvalue weighted by Gasteiger charge is 1.95. The Morgan fingerprint density at radius 1 is 1.31 bits per heavy atom. The summed E-state index contributed by atoms with van der Waals surface area (Å²) in [5.74, 6) is -0.958. The molecule has 1 heterocycles. The Morgan fingerprint density at radius 3 is 2.62 bits per heavy atom. The molecule has 0 spiro atoms. The standard InChI is InChI=1S/C11H9N3O2/c15-11(16)6-3-9-1-4-10(5-2-9)14-8-12-7-13-14/h1-8H,(H,15,16). The van der Waals surface area contributed by atoms with Crippen molar-refractivity contribution in [3.8, 4) is 5.69 Å². The number of nitrogens with zero attached hydrogens (tertiary/aromatic N) is 3. The van der Waals surface area contributed by atoms with Crippen LogP contribution in [0.25, 0.3) is 11.8 Å². The van der Waals surface area contributed by atoms with Gasteiger partial charge in [-0.1, -0.05) is 12.1 Å². The minimum Gasteiger partial charge on any atom is -0.478 e. The molecule has 1 N–H and O–H groups in total. The van der Waals surface area contributed by atoms with Crippen LogP contribution in [0.4, 0.5) is 0 Å². The molecule has 0 aliphatic heterocycles. The number of aromatic nitrogens is 3. The highest BCUT2D eigenvalue weighted by atomic mass is 16.4. The van der Waals surface area contributed by atoms with Crippen molar-refractivity contribution in [3.05, 3.63) is 48.6 Å². The van der Waals surface area contributed by atoms with E-state index in [1.54, 1.807) is 11.0 Å². The second kappa shape index (κ2) is 4.39. The lowest BCUT2D eigenvalue weighted by atomic mass is 10.2. The molecule has 0 unspecified atom stereocenters. The van der Waals surface area contributed by atoms with Crippen molar-refractivity contribution in [1.82, 2.24) is 14.8 Å². The molecule has 0 amide bonds. The molecule has 0 saturated carbocycles. The van der Waals surface area contributed by atoms with Crippen LogP contribution in [0.1, 0.15) is 5.56 Å². The first kappa shape index (κ1) is 10.1. The fourth-order valence-electron chi connectivity index (χ4n) is 1.25. The summed E-state index contributed by atoms with van der Waals surface area (Å²) in [5, 5.41) is 12.5. The first-order valence-corrected chi connectivity index (χ1v) is 4.62. The van der Waals surface area contributed by atoms with Gasteiger partial charge in [0.25, 0.3) is 0 Å². The van der Waals surface area contributed by atoms with Crippen LogP contribution in [-0.4, -0.2) is 25.8 Å². The first-order valence-electron chi connectivity index (χ1n) is 4.62. The maximum Gasteiger partial charge on any atom is 0.328 e. The third-order valence-corrected chi connectivity index (χ3v) is 1.99. The third kappa shape index (κ3) is 2.33. The van der Waals surface area contributed by atoms with Crippen LogP contribution in [0.3, 0.4) is 0 Å². The van der Waals surface area contributed by atoms with Gasteiger partial charge >= 0.3 is 5.97 Å². The maximum atomic E-state index is 10.3. The SMILES string of the molecule is O=C(O)C=Cc1ccc(-n2cncn2)cc1. The topological polar surface area (TPSA) is 68.0 Å². The molecule has 2 rings (SSSR count). The van der Waals surface area contributed by atoms with Crippen molar-refractivity contribution in [2.45, 2.75) is 0 Å². The summed E-state index contributed by atoms with van der Waals surface area (Å²) in [6.45, 7) is 0. The summed E-state index contributed by atoms with van der Waals surface area (Å²) in [7, 11) is 0. The smallest absolute Gasteiger partial charge is 0.328 e. The van der Waals surface area contributed by atoms with Gasteiger partial charge in [-0.05, 0) is 23.8 Å². The Labute approximate surface area is 91.7 Å². The zero-order valence-electron chi connectivity index (χ0n) is 8.32. The van der Waals surface area contributed by atoms with E-state index in [0.29, 0.717) is 0 Å². The molecular weight excluding hydrogens is 206 g/mol. The molecule has 5 nitrogen and oxygen atoms in total. The van der Waals surface area contributed by atoms with Crippen LogP contribution in [0.15, 0.2) is 43.0 Å². The molecule has 2 aromatic rings. The number of aliphatic carboxylic acids is 1. The Hall–Kier alpha value is -2.43. The summed E-state index contributed by atoms with van der Waals surface area (Å²) < 4.78 is 1.63. The van der Waals surface area contributed by atoms with Gasteiger partial charge in [0.2, 0.25) is 0 Å². The predicted octanol–water partition coefficient (Wildman–Crippen LogP) is 1.37. The molecule has 1 aromatic heterocycles. The highest BCUT2D eigenvalue weighted by Crippen LogP contribution is 2.09. The van der Waals surface area contributed by atoms with E-state index in [4.69, 9.17) is 5.11 Å². The van der Waals surface area contributed by atoms with Crippen molar-refractivity contribution in [2.24, 2.45) is 0 Å². The molecule has 0 fully saturated rings. The van der Waals surface area contributed by atoms with Crippen LogP contribution in [-0.2, 0) is 4.79 Å². The minimum absolute atomic E-state index is 0.825. The van der Waals surface area contributed by atoms with E-state index in [1.165, 1.54) is 12.4 Å². The lowest BCUT2D eigenvalue weighted by molar-refractivity contribution is -0.131. The van der Waals surface area contributed by atoms with Gasteiger partial charge in [-0.25, -0.2) is 14.5 Å². The van der Waals surface area contributed by atoms with Crippen molar-refractivity contribution >= 4 is 12.0 Å². The minimum atomic E-state index is -0.958. The molecule has 0 saturated heterocycles. The zero-order chi connectivity index (χ0) is 11.4. The van der Waals surface area contributed by atoms with E-state index in [-0.39, 0.29) is 0 Å². The predicted molar refractivity (Wildman–Crippen MR) is 58.0 cm³/mol. The van der Waals surface area contributed by atoms with E-state index in [1.807, 2.05) is 24.3 Å². The summed E-state index contributed by atoms with van der Waals surface area (Å²) in [6.07, 6.45) is 5.69. The number of hydrogen-bond donors (Lipinski definition) is 1. The summed E-state index contributed by atoms with van der Waals surface area (Å²) >= 11 is 0. The molecule has 0 radical (unpaired) electrons. The van der Waals surface area contributed by atoms with Gasteiger partial charge < -0.3 is 5.11 Å². The van der Waals surface area contributed by atoms with Gasteiger partial charge in [-0.3, -0.25) is 0 Å². The number of carbonyl (C=O) groups is 1. The van der Waals surface area contributed by atoms with E-state index in [9.17, 15) is 4.79 Å². The van der Waals surface area contributed by atoms with E-state index < -0.39 is 5.97 Å². The van der Waals surface area contributed by atoms with Crippen molar-refractivity contribution in [3.63, 3.8) is 0 Å². The van der Waals surface area contributed by atoms with Gasteiger partial charge in [-0.15, -0.1) is 0 Å². The molecule has 1 aromatic carbocycles. The lowest BCUT2D eigenvalue weighted by Crippen LogP contribution is -1.93. The van der Waals surface area contributed by atoms with E-state index in [0.717, 1.165) is 17.3 Å². The number of carboxylic acid groups (broad SMARTS) is 1. The summed E-state index contributed by atoms with van der Waals surface area (Å²) in [4.78, 5) is 14.2. The van der Waals surface area contributed by atoms with Gasteiger partial charge in [-0.2, -0.15) is 5.10 Å².